The van der Waals surface area contributed by atoms with Crippen LogP contribution in [0.25, 0.3) is 0 Å². The van der Waals surface area contributed by atoms with E-state index in [1.165, 1.54) is 0 Å². The van der Waals surface area contributed by atoms with Crippen molar-refractivity contribution in [2.75, 3.05) is 10.6 Å². The van der Waals surface area contributed by atoms with Gasteiger partial charge in [0, 0.05) is 16.4 Å². The molecule has 24 heavy (non-hydrogen) atoms. The summed E-state index contributed by atoms with van der Waals surface area (Å²) in [6.45, 7) is 3.94. The van der Waals surface area contributed by atoms with Crippen LogP contribution in [0, 0.1) is 19.3 Å². The van der Waals surface area contributed by atoms with Crippen molar-refractivity contribution < 1.29 is 9.59 Å². The number of rotatable bonds is 4. The SMILES string of the molecule is Cc1cccc(NC(=O)C2(C(=O)Nc3cccc(Cl)c3)CC2)c1C. The lowest BCUT2D eigenvalue weighted by Gasteiger charge is -2.17. The summed E-state index contributed by atoms with van der Waals surface area (Å²) in [6, 6.07) is 12.6. The molecule has 0 saturated heterocycles. The molecule has 4 nitrogen and oxygen atoms in total. The Labute approximate surface area is 146 Å². The molecule has 2 aromatic carbocycles. The van der Waals surface area contributed by atoms with Crippen LogP contribution in [-0.4, -0.2) is 11.8 Å². The lowest BCUT2D eigenvalue weighted by Crippen LogP contribution is -2.35. The average molecular weight is 343 g/mol. The van der Waals surface area contributed by atoms with E-state index < -0.39 is 5.41 Å². The summed E-state index contributed by atoms with van der Waals surface area (Å²) in [5.41, 5.74) is 2.47. The van der Waals surface area contributed by atoms with Crippen LogP contribution < -0.4 is 10.6 Å². The molecule has 0 spiro atoms. The highest BCUT2D eigenvalue weighted by atomic mass is 35.5. The predicted molar refractivity (Wildman–Crippen MR) is 96.3 cm³/mol. The summed E-state index contributed by atoms with van der Waals surface area (Å²) in [4.78, 5) is 25.2. The third-order valence-corrected chi connectivity index (χ3v) is 4.79. The van der Waals surface area contributed by atoms with Gasteiger partial charge in [-0.1, -0.05) is 29.8 Å². The minimum atomic E-state index is -0.988. The first-order chi connectivity index (χ1) is 11.4. The van der Waals surface area contributed by atoms with Crippen LogP contribution in [0.4, 0.5) is 11.4 Å². The number of hydrogen-bond donors (Lipinski definition) is 2. The molecule has 5 heteroatoms. The van der Waals surface area contributed by atoms with Gasteiger partial charge in [-0.2, -0.15) is 0 Å². The van der Waals surface area contributed by atoms with Crippen molar-refractivity contribution in [1.29, 1.82) is 0 Å². The Morgan fingerprint density at radius 2 is 1.67 bits per heavy atom. The molecule has 2 N–H and O–H groups in total. The summed E-state index contributed by atoms with van der Waals surface area (Å²) in [7, 11) is 0. The summed E-state index contributed by atoms with van der Waals surface area (Å²) >= 11 is 5.93. The van der Waals surface area contributed by atoms with E-state index in [9.17, 15) is 9.59 Å². The maximum atomic E-state index is 12.7. The fourth-order valence-corrected chi connectivity index (χ4v) is 2.82. The highest BCUT2D eigenvalue weighted by molar-refractivity contribution is 6.31. The van der Waals surface area contributed by atoms with Crippen LogP contribution in [0.15, 0.2) is 42.5 Å². The maximum absolute atomic E-state index is 12.7. The molecule has 1 aliphatic carbocycles. The summed E-state index contributed by atoms with van der Waals surface area (Å²) in [6.07, 6.45) is 1.10. The largest absolute Gasteiger partial charge is 0.325 e. The first-order valence-corrected chi connectivity index (χ1v) is 8.25. The number of nitrogens with one attached hydrogen (secondary N) is 2. The van der Waals surface area contributed by atoms with Crippen molar-refractivity contribution in [3.63, 3.8) is 0 Å². The summed E-state index contributed by atoms with van der Waals surface area (Å²) < 4.78 is 0. The normalized spacial score (nSPS) is 14.8. The number of aryl methyl sites for hydroxylation is 1. The lowest BCUT2D eigenvalue weighted by molar-refractivity contribution is -0.131. The van der Waals surface area contributed by atoms with Crippen LogP contribution >= 0.6 is 11.6 Å². The van der Waals surface area contributed by atoms with Gasteiger partial charge in [-0.3, -0.25) is 9.59 Å². The second kappa shape index (κ2) is 6.29. The third-order valence-electron chi connectivity index (χ3n) is 4.55. The zero-order valence-corrected chi connectivity index (χ0v) is 14.4. The number of carbonyl (C=O) groups is 2. The Hall–Kier alpha value is -2.33. The number of benzene rings is 2. The second-order valence-corrected chi connectivity index (χ2v) is 6.68. The first kappa shape index (κ1) is 16.5. The zero-order valence-electron chi connectivity index (χ0n) is 13.7. The fraction of sp³-hybridized carbons (Fsp3) is 0.263. The van der Waals surface area contributed by atoms with E-state index in [0.717, 1.165) is 16.8 Å². The maximum Gasteiger partial charge on any atom is 0.240 e. The molecule has 1 aliphatic rings. The van der Waals surface area contributed by atoms with Gasteiger partial charge < -0.3 is 10.6 Å². The number of amides is 2. The van der Waals surface area contributed by atoms with Gasteiger partial charge in [0.05, 0.1) is 0 Å². The highest BCUT2D eigenvalue weighted by Crippen LogP contribution is 2.47. The molecule has 124 valence electrons. The van der Waals surface area contributed by atoms with E-state index in [4.69, 9.17) is 11.6 Å². The van der Waals surface area contributed by atoms with E-state index in [-0.39, 0.29) is 11.8 Å². The second-order valence-electron chi connectivity index (χ2n) is 6.25. The van der Waals surface area contributed by atoms with Gasteiger partial charge in [-0.15, -0.1) is 0 Å². The molecule has 0 unspecified atom stereocenters. The smallest absolute Gasteiger partial charge is 0.240 e. The van der Waals surface area contributed by atoms with Crippen molar-refractivity contribution in [3.05, 3.63) is 58.6 Å². The minimum Gasteiger partial charge on any atom is -0.325 e. The number of halogens is 1. The van der Waals surface area contributed by atoms with Gasteiger partial charge in [0.1, 0.15) is 5.41 Å². The minimum absolute atomic E-state index is 0.254. The fourth-order valence-electron chi connectivity index (χ4n) is 2.63. The van der Waals surface area contributed by atoms with Gasteiger partial charge in [-0.25, -0.2) is 0 Å². The standard InChI is InChI=1S/C19H19ClN2O2/c1-12-5-3-8-16(13(12)2)22-18(24)19(9-10-19)17(23)21-15-7-4-6-14(20)11-15/h3-8,11H,9-10H2,1-2H3,(H,21,23)(H,22,24). The molecule has 0 radical (unpaired) electrons. The predicted octanol–water partition coefficient (Wildman–Crippen LogP) is 4.31. The number of hydrogen-bond acceptors (Lipinski definition) is 2. The van der Waals surface area contributed by atoms with Crippen molar-refractivity contribution in [3.8, 4) is 0 Å². The molecular formula is C19H19ClN2O2. The Bertz CT molecular complexity index is 813. The van der Waals surface area contributed by atoms with Gasteiger partial charge >= 0.3 is 0 Å². The van der Waals surface area contributed by atoms with Gasteiger partial charge in [0.2, 0.25) is 11.8 Å². The van der Waals surface area contributed by atoms with Crippen molar-refractivity contribution >= 4 is 34.8 Å². The van der Waals surface area contributed by atoms with Crippen molar-refractivity contribution in [2.45, 2.75) is 26.7 Å². The molecule has 1 fully saturated rings. The topological polar surface area (TPSA) is 58.2 Å². The van der Waals surface area contributed by atoms with E-state index in [2.05, 4.69) is 10.6 Å². The molecule has 2 amide bonds. The Balaban J connectivity index is 1.74. The van der Waals surface area contributed by atoms with Gasteiger partial charge in [0.25, 0.3) is 0 Å². The number of carbonyl (C=O) groups excluding carboxylic acids is 2. The summed E-state index contributed by atoms with van der Waals surface area (Å²) in [5, 5.41) is 6.24. The van der Waals surface area contributed by atoms with Gasteiger partial charge in [-0.05, 0) is 62.1 Å². The van der Waals surface area contributed by atoms with Crippen LogP contribution in [-0.2, 0) is 9.59 Å². The van der Waals surface area contributed by atoms with Crippen LogP contribution in [0.1, 0.15) is 24.0 Å². The zero-order chi connectivity index (χ0) is 17.3. The Kier molecular flexibility index (Phi) is 4.33. The molecule has 0 aromatic heterocycles. The van der Waals surface area contributed by atoms with Crippen molar-refractivity contribution in [2.24, 2.45) is 5.41 Å². The molecule has 2 aromatic rings. The van der Waals surface area contributed by atoms with Crippen LogP contribution in [0.3, 0.4) is 0 Å². The lowest BCUT2D eigenvalue weighted by atomic mass is 10.0. The van der Waals surface area contributed by atoms with E-state index in [0.29, 0.717) is 23.6 Å². The molecule has 1 saturated carbocycles. The molecule has 0 aliphatic heterocycles. The Morgan fingerprint density at radius 3 is 2.33 bits per heavy atom. The highest BCUT2D eigenvalue weighted by Gasteiger charge is 2.56. The molecular weight excluding hydrogens is 324 g/mol. The quantitative estimate of drug-likeness (QED) is 0.813. The first-order valence-electron chi connectivity index (χ1n) is 7.87. The average Bonchev–Trinajstić information content (AvgIpc) is 3.34. The van der Waals surface area contributed by atoms with Crippen LogP contribution in [0.5, 0.6) is 0 Å². The van der Waals surface area contributed by atoms with Crippen molar-refractivity contribution in [1.82, 2.24) is 0 Å². The monoisotopic (exact) mass is 342 g/mol. The van der Waals surface area contributed by atoms with E-state index in [1.54, 1.807) is 24.3 Å². The Morgan fingerprint density at radius 1 is 1.00 bits per heavy atom. The van der Waals surface area contributed by atoms with Gasteiger partial charge in [0.15, 0.2) is 0 Å². The molecule has 0 heterocycles. The van der Waals surface area contributed by atoms with E-state index >= 15 is 0 Å². The van der Waals surface area contributed by atoms with Crippen LogP contribution in [0.2, 0.25) is 5.02 Å². The number of anilines is 2. The summed E-state index contributed by atoms with van der Waals surface area (Å²) in [5.74, 6) is -0.539. The molecule has 0 atom stereocenters. The molecule has 0 bridgehead atoms. The molecule has 3 rings (SSSR count). The van der Waals surface area contributed by atoms with E-state index in [1.807, 2.05) is 32.0 Å². The third kappa shape index (κ3) is 3.15.